The summed E-state index contributed by atoms with van der Waals surface area (Å²) in [5.74, 6) is 0.0994. The standard InChI is InChI=1S/C15H10F3N3O2S/c16-15(17,18)10-3-1-9(2-4-10)14-21-12(8-24-14)13(22)19-7-11-5-6-20-23-11/h1-6,8H,7H2,(H,19,22). The number of hydrogen-bond donors (Lipinski definition) is 1. The van der Waals surface area contributed by atoms with Crippen molar-refractivity contribution < 1.29 is 22.5 Å². The van der Waals surface area contributed by atoms with Crippen LogP contribution in [-0.4, -0.2) is 16.0 Å². The lowest BCUT2D eigenvalue weighted by Crippen LogP contribution is -2.22. The van der Waals surface area contributed by atoms with Crippen LogP contribution < -0.4 is 5.32 Å². The Hall–Kier alpha value is -2.68. The highest BCUT2D eigenvalue weighted by atomic mass is 32.1. The van der Waals surface area contributed by atoms with E-state index in [1.165, 1.54) is 29.7 Å². The first-order valence-electron chi connectivity index (χ1n) is 6.74. The molecule has 0 saturated carbocycles. The number of carbonyl (C=O) groups is 1. The fraction of sp³-hybridized carbons (Fsp3) is 0.133. The van der Waals surface area contributed by atoms with Crippen molar-refractivity contribution in [2.24, 2.45) is 0 Å². The second kappa shape index (κ2) is 6.44. The number of rotatable bonds is 4. The molecule has 5 nitrogen and oxygen atoms in total. The zero-order valence-electron chi connectivity index (χ0n) is 12.0. The van der Waals surface area contributed by atoms with E-state index < -0.39 is 17.6 Å². The zero-order valence-corrected chi connectivity index (χ0v) is 12.8. The third-order valence-corrected chi connectivity index (χ3v) is 4.00. The molecule has 0 unspecified atom stereocenters. The number of aromatic nitrogens is 2. The molecule has 0 bridgehead atoms. The molecule has 0 saturated heterocycles. The summed E-state index contributed by atoms with van der Waals surface area (Å²) in [5.41, 5.74) is -0.0236. The Kier molecular flexibility index (Phi) is 4.34. The third-order valence-electron chi connectivity index (χ3n) is 3.11. The largest absolute Gasteiger partial charge is 0.416 e. The number of alkyl halides is 3. The Labute approximate surface area is 138 Å². The quantitative estimate of drug-likeness (QED) is 0.776. The average Bonchev–Trinajstić information content (AvgIpc) is 3.23. The van der Waals surface area contributed by atoms with E-state index >= 15 is 0 Å². The average molecular weight is 353 g/mol. The van der Waals surface area contributed by atoms with E-state index in [2.05, 4.69) is 15.5 Å². The summed E-state index contributed by atoms with van der Waals surface area (Å²) in [5, 5.41) is 8.15. The summed E-state index contributed by atoms with van der Waals surface area (Å²) < 4.78 is 42.5. The minimum Gasteiger partial charge on any atom is -0.360 e. The molecule has 2 aromatic heterocycles. The molecule has 1 aromatic carbocycles. The summed E-state index contributed by atoms with van der Waals surface area (Å²) in [6.07, 6.45) is -2.92. The van der Waals surface area contributed by atoms with Crippen LogP contribution in [-0.2, 0) is 12.7 Å². The van der Waals surface area contributed by atoms with Gasteiger partial charge in [-0.2, -0.15) is 13.2 Å². The maximum absolute atomic E-state index is 12.6. The number of amides is 1. The van der Waals surface area contributed by atoms with Gasteiger partial charge in [-0.3, -0.25) is 4.79 Å². The first-order chi connectivity index (χ1) is 11.4. The summed E-state index contributed by atoms with van der Waals surface area (Å²) in [7, 11) is 0. The van der Waals surface area contributed by atoms with Crippen LogP contribution >= 0.6 is 11.3 Å². The summed E-state index contributed by atoms with van der Waals surface area (Å²) in [6, 6.07) is 6.26. The summed E-state index contributed by atoms with van der Waals surface area (Å²) in [4.78, 5) is 16.1. The van der Waals surface area contributed by atoms with Gasteiger partial charge < -0.3 is 9.84 Å². The number of nitrogens with zero attached hydrogens (tertiary/aromatic N) is 2. The number of carbonyl (C=O) groups excluding carboxylic acids is 1. The molecule has 1 N–H and O–H groups in total. The lowest BCUT2D eigenvalue weighted by atomic mass is 10.1. The zero-order chi connectivity index (χ0) is 17.2. The highest BCUT2D eigenvalue weighted by Crippen LogP contribution is 2.31. The predicted octanol–water partition coefficient (Wildman–Crippen LogP) is 3.75. The second-order valence-electron chi connectivity index (χ2n) is 4.77. The van der Waals surface area contributed by atoms with Gasteiger partial charge in [-0.15, -0.1) is 11.3 Å². The fourth-order valence-corrected chi connectivity index (χ4v) is 2.71. The van der Waals surface area contributed by atoms with Crippen LogP contribution in [0.2, 0.25) is 0 Å². The molecule has 0 spiro atoms. The van der Waals surface area contributed by atoms with Gasteiger partial charge in [0.2, 0.25) is 0 Å². The smallest absolute Gasteiger partial charge is 0.360 e. The van der Waals surface area contributed by atoms with E-state index in [9.17, 15) is 18.0 Å². The highest BCUT2D eigenvalue weighted by molar-refractivity contribution is 7.13. The Balaban J connectivity index is 1.69. The van der Waals surface area contributed by atoms with Gasteiger partial charge in [0.1, 0.15) is 10.7 Å². The topological polar surface area (TPSA) is 68.0 Å². The van der Waals surface area contributed by atoms with Gasteiger partial charge in [-0.25, -0.2) is 4.98 Å². The van der Waals surface area contributed by atoms with Gasteiger partial charge in [-0.05, 0) is 12.1 Å². The van der Waals surface area contributed by atoms with Gasteiger partial charge in [0.15, 0.2) is 5.76 Å². The van der Waals surface area contributed by atoms with Crippen LogP contribution in [0.4, 0.5) is 13.2 Å². The van der Waals surface area contributed by atoms with E-state index in [1.807, 2.05) is 0 Å². The van der Waals surface area contributed by atoms with Crippen molar-refractivity contribution in [3.8, 4) is 10.6 Å². The van der Waals surface area contributed by atoms with Gasteiger partial charge in [0.25, 0.3) is 5.91 Å². The maximum Gasteiger partial charge on any atom is 0.416 e. The molecular formula is C15H10F3N3O2S. The van der Waals surface area contributed by atoms with Crippen molar-refractivity contribution in [3.63, 3.8) is 0 Å². The van der Waals surface area contributed by atoms with Crippen LogP contribution in [0.25, 0.3) is 10.6 Å². The summed E-state index contributed by atoms with van der Waals surface area (Å²) >= 11 is 1.18. The van der Waals surface area contributed by atoms with Crippen LogP contribution in [0.3, 0.4) is 0 Å². The molecule has 0 aliphatic rings. The number of benzene rings is 1. The molecule has 124 valence electrons. The first kappa shape index (κ1) is 16.2. The lowest BCUT2D eigenvalue weighted by Gasteiger charge is -2.06. The normalized spacial score (nSPS) is 11.5. The molecule has 9 heteroatoms. The Morgan fingerprint density at radius 3 is 2.58 bits per heavy atom. The Bertz CT molecular complexity index is 827. The molecule has 0 atom stereocenters. The van der Waals surface area contributed by atoms with Crippen molar-refractivity contribution in [3.05, 3.63) is 58.9 Å². The molecule has 0 radical (unpaired) electrons. The molecular weight excluding hydrogens is 343 g/mol. The van der Waals surface area contributed by atoms with Crippen LogP contribution in [0.5, 0.6) is 0 Å². The predicted molar refractivity (Wildman–Crippen MR) is 80.2 cm³/mol. The van der Waals surface area contributed by atoms with Crippen molar-refractivity contribution in [1.82, 2.24) is 15.5 Å². The number of hydrogen-bond acceptors (Lipinski definition) is 5. The molecule has 24 heavy (non-hydrogen) atoms. The molecule has 1 amide bonds. The monoisotopic (exact) mass is 353 g/mol. The van der Waals surface area contributed by atoms with E-state index in [4.69, 9.17) is 4.52 Å². The number of halogens is 3. The maximum atomic E-state index is 12.6. The van der Waals surface area contributed by atoms with Gasteiger partial charge in [-0.1, -0.05) is 17.3 Å². The molecule has 0 fully saturated rings. The van der Waals surface area contributed by atoms with E-state index in [0.717, 1.165) is 12.1 Å². The van der Waals surface area contributed by atoms with Crippen molar-refractivity contribution in [1.29, 1.82) is 0 Å². The second-order valence-corrected chi connectivity index (χ2v) is 5.63. The van der Waals surface area contributed by atoms with Gasteiger partial charge in [0.05, 0.1) is 18.3 Å². The minimum absolute atomic E-state index is 0.173. The number of thiazole rings is 1. The molecule has 0 aliphatic carbocycles. The first-order valence-corrected chi connectivity index (χ1v) is 7.62. The van der Waals surface area contributed by atoms with E-state index in [0.29, 0.717) is 16.3 Å². The van der Waals surface area contributed by atoms with Crippen LogP contribution in [0.15, 0.2) is 46.4 Å². The van der Waals surface area contributed by atoms with Crippen molar-refractivity contribution in [2.75, 3.05) is 0 Å². The van der Waals surface area contributed by atoms with Crippen LogP contribution in [0, 0.1) is 0 Å². The van der Waals surface area contributed by atoms with Crippen molar-refractivity contribution in [2.45, 2.75) is 12.7 Å². The molecule has 3 rings (SSSR count). The van der Waals surface area contributed by atoms with Crippen molar-refractivity contribution >= 4 is 17.2 Å². The SMILES string of the molecule is O=C(NCc1ccno1)c1csc(-c2ccc(C(F)(F)F)cc2)n1. The van der Waals surface area contributed by atoms with Gasteiger partial charge in [0, 0.05) is 17.0 Å². The van der Waals surface area contributed by atoms with Crippen LogP contribution in [0.1, 0.15) is 21.8 Å². The molecule has 2 heterocycles. The summed E-state index contributed by atoms with van der Waals surface area (Å²) in [6.45, 7) is 0.173. The fourth-order valence-electron chi connectivity index (χ4n) is 1.90. The van der Waals surface area contributed by atoms with E-state index in [1.54, 1.807) is 11.4 Å². The highest BCUT2D eigenvalue weighted by Gasteiger charge is 2.30. The van der Waals surface area contributed by atoms with E-state index in [-0.39, 0.29) is 12.2 Å². The Morgan fingerprint density at radius 2 is 1.96 bits per heavy atom. The van der Waals surface area contributed by atoms with Gasteiger partial charge >= 0.3 is 6.18 Å². The molecule has 3 aromatic rings. The molecule has 0 aliphatic heterocycles. The third kappa shape index (κ3) is 3.62. The minimum atomic E-state index is -4.38. The lowest BCUT2D eigenvalue weighted by molar-refractivity contribution is -0.137. The Morgan fingerprint density at radius 1 is 1.21 bits per heavy atom. The number of nitrogens with one attached hydrogen (secondary N) is 1.